The van der Waals surface area contributed by atoms with Crippen molar-refractivity contribution in [2.24, 2.45) is 5.92 Å². The van der Waals surface area contributed by atoms with Gasteiger partial charge in [-0.2, -0.15) is 0 Å². The predicted octanol–water partition coefficient (Wildman–Crippen LogP) is 6.25. The highest BCUT2D eigenvalue weighted by molar-refractivity contribution is 6.22. The van der Waals surface area contributed by atoms with Gasteiger partial charge in [-0.1, -0.05) is 86.7 Å². The zero-order valence-electron chi connectivity index (χ0n) is 21.4. The van der Waals surface area contributed by atoms with Crippen LogP contribution in [0, 0.1) is 5.92 Å². The maximum absolute atomic E-state index is 13.3. The minimum absolute atomic E-state index is 0.210. The molecule has 0 aromatic heterocycles. The van der Waals surface area contributed by atoms with Gasteiger partial charge in [0.15, 0.2) is 11.5 Å². The molecular formula is C32H27NO5. The number of rotatable bonds is 7. The van der Waals surface area contributed by atoms with E-state index in [1.54, 1.807) is 50.2 Å². The molecule has 6 heteroatoms. The van der Waals surface area contributed by atoms with E-state index in [0.717, 1.165) is 26.8 Å². The highest BCUT2D eigenvalue weighted by Gasteiger charge is 2.45. The van der Waals surface area contributed by atoms with Crippen LogP contribution < -0.4 is 9.47 Å². The fraction of sp³-hybridized carbons (Fsp3) is 0.156. The van der Waals surface area contributed by atoms with E-state index >= 15 is 0 Å². The minimum Gasteiger partial charge on any atom is -0.493 e. The quantitative estimate of drug-likeness (QED) is 0.129. The van der Waals surface area contributed by atoms with Crippen molar-refractivity contribution >= 4 is 40.7 Å². The lowest BCUT2D eigenvalue weighted by Crippen LogP contribution is -2.49. The molecule has 5 rings (SSSR count). The molecule has 0 saturated heterocycles. The number of carbonyl (C=O) groups excluding carboxylic acids is 3. The Hall–Kier alpha value is -4.71. The van der Waals surface area contributed by atoms with E-state index in [9.17, 15) is 14.4 Å². The molecule has 1 atom stereocenters. The van der Waals surface area contributed by atoms with Crippen LogP contribution in [0.15, 0.2) is 84.9 Å². The number of amides is 2. The van der Waals surface area contributed by atoms with Crippen molar-refractivity contribution in [2.75, 3.05) is 7.11 Å². The van der Waals surface area contributed by atoms with E-state index in [1.165, 1.54) is 7.11 Å². The highest BCUT2D eigenvalue weighted by Crippen LogP contribution is 2.32. The molecule has 1 unspecified atom stereocenters. The van der Waals surface area contributed by atoms with Crippen LogP contribution in [0.25, 0.3) is 22.9 Å². The van der Waals surface area contributed by atoms with Gasteiger partial charge in [-0.05, 0) is 52.1 Å². The topological polar surface area (TPSA) is 72.9 Å². The second-order valence-electron chi connectivity index (χ2n) is 9.45. The van der Waals surface area contributed by atoms with E-state index in [-0.39, 0.29) is 22.8 Å². The van der Waals surface area contributed by atoms with Crippen LogP contribution in [0.4, 0.5) is 0 Å². The minimum atomic E-state index is -1.09. The largest absolute Gasteiger partial charge is 0.493 e. The Morgan fingerprint density at radius 1 is 0.789 bits per heavy atom. The van der Waals surface area contributed by atoms with Crippen LogP contribution >= 0.6 is 0 Å². The first-order valence-corrected chi connectivity index (χ1v) is 12.4. The van der Waals surface area contributed by atoms with Gasteiger partial charge in [0.1, 0.15) is 6.04 Å². The van der Waals surface area contributed by atoms with Crippen LogP contribution in [-0.2, 0) is 4.79 Å². The molecule has 1 aliphatic rings. The molecule has 1 heterocycles. The summed E-state index contributed by atoms with van der Waals surface area (Å²) in [5.74, 6) is -1.49. The summed E-state index contributed by atoms with van der Waals surface area (Å²) in [6.45, 7) is 3.54. The number of esters is 1. The number of nitrogens with zero attached hydrogens (tertiary/aromatic N) is 1. The molecular weight excluding hydrogens is 478 g/mol. The van der Waals surface area contributed by atoms with Crippen molar-refractivity contribution in [1.82, 2.24) is 4.90 Å². The Bertz CT molecular complexity index is 1550. The standard InChI is InChI=1S/C32H27NO5/c1-20(2)29(33-30(34)25-13-6-7-14-26(25)31(33)35)32(36)38-27-18-16-21(19-28(27)37-3)15-17-23-11-8-10-22-9-4-5-12-24(22)23/h4-20,29H,1-3H3. The molecule has 38 heavy (non-hydrogen) atoms. The number of hydrogen-bond acceptors (Lipinski definition) is 5. The van der Waals surface area contributed by atoms with Crippen LogP contribution in [0.3, 0.4) is 0 Å². The lowest BCUT2D eigenvalue weighted by Gasteiger charge is -2.27. The number of hydrogen-bond donors (Lipinski definition) is 0. The van der Waals surface area contributed by atoms with Crippen LogP contribution in [0.5, 0.6) is 11.5 Å². The molecule has 0 spiro atoms. The summed E-state index contributed by atoms with van der Waals surface area (Å²) in [5.41, 5.74) is 2.51. The number of carbonyl (C=O) groups is 3. The summed E-state index contributed by atoms with van der Waals surface area (Å²) < 4.78 is 11.2. The van der Waals surface area contributed by atoms with Gasteiger partial charge in [0.05, 0.1) is 18.2 Å². The third-order valence-electron chi connectivity index (χ3n) is 6.65. The lowest BCUT2D eigenvalue weighted by atomic mass is 10.0. The first-order valence-electron chi connectivity index (χ1n) is 12.4. The average Bonchev–Trinajstić information content (AvgIpc) is 3.17. The molecule has 4 aromatic rings. The van der Waals surface area contributed by atoms with E-state index in [0.29, 0.717) is 5.75 Å². The van der Waals surface area contributed by atoms with Gasteiger partial charge in [0.25, 0.3) is 11.8 Å². The summed E-state index contributed by atoms with van der Waals surface area (Å²) in [5, 5.41) is 2.31. The van der Waals surface area contributed by atoms with Crippen molar-refractivity contribution in [3.8, 4) is 11.5 Å². The number of fused-ring (bicyclic) bond motifs is 2. The second kappa shape index (κ2) is 10.3. The summed E-state index contributed by atoms with van der Waals surface area (Å²) in [7, 11) is 1.49. The van der Waals surface area contributed by atoms with E-state index in [2.05, 4.69) is 24.3 Å². The molecule has 0 bridgehead atoms. The molecule has 6 nitrogen and oxygen atoms in total. The first kappa shape index (κ1) is 25.0. The smallest absolute Gasteiger partial charge is 0.335 e. The van der Waals surface area contributed by atoms with E-state index in [1.807, 2.05) is 36.4 Å². The van der Waals surface area contributed by atoms with E-state index in [4.69, 9.17) is 9.47 Å². The van der Waals surface area contributed by atoms with Gasteiger partial charge in [-0.15, -0.1) is 0 Å². The maximum Gasteiger partial charge on any atom is 0.335 e. The maximum atomic E-state index is 13.3. The fourth-order valence-corrected chi connectivity index (χ4v) is 4.76. The number of ether oxygens (including phenoxy) is 2. The Labute approximate surface area is 221 Å². The number of methoxy groups -OCH3 is 1. The van der Waals surface area contributed by atoms with Crippen molar-refractivity contribution in [3.63, 3.8) is 0 Å². The van der Waals surface area contributed by atoms with Crippen molar-refractivity contribution in [3.05, 3.63) is 107 Å². The Morgan fingerprint density at radius 2 is 1.45 bits per heavy atom. The molecule has 4 aromatic carbocycles. The molecule has 0 fully saturated rings. The molecule has 2 amide bonds. The molecule has 190 valence electrons. The Morgan fingerprint density at radius 3 is 2.13 bits per heavy atom. The zero-order valence-corrected chi connectivity index (χ0v) is 21.4. The van der Waals surface area contributed by atoms with Crippen molar-refractivity contribution < 1.29 is 23.9 Å². The first-order chi connectivity index (χ1) is 18.4. The van der Waals surface area contributed by atoms with Crippen LogP contribution in [0.1, 0.15) is 45.7 Å². The normalized spacial score (nSPS) is 13.8. The Kier molecular flexibility index (Phi) is 6.79. The molecule has 0 radical (unpaired) electrons. The third kappa shape index (κ3) is 4.57. The van der Waals surface area contributed by atoms with Gasteiger partial charge in [0, 0.05) is 0 Å². The zero-order chi connectivity index (χ0) is 26.8. The van der Waals surface area contributed by atoms with Crippen LogP contribution in [0.2, 0.25) is 0 Å². The van der Waals surface area contributed by atoms with Gasteiger partial charge >= 0.3 is 5.97 Å². The van der Waals surface area contributed by atoms with Crippen molar-refractivity contribution in [1.29, 1.82) is 0 Å². The van der Waals surface area contributed by atoms with Crippen molar-refractivity contribution in [2.45, 2.75) is 19.9 Å². The fourth-order valence-electron chi connectivity index (χ4n) is 4.76. The summed E-state index contributed by atoms with van der Waals surface area (Å²) >= 11 is 0. The second-order valence-corrected chi connectivity index (χ2v) is 9.45. The molecule has 0 aliphatic carbocycles. The number of imide groups is 1. The molecule has 0 N–H and O–H groups in total. The lowest BCUT2D eigenvalue weighted by molar-refractivity contribution is -0.140. The Balaban J connectivity index is 1.38. The van der Waals surface area contributed by atoms with Gasteiger partial charge < -0.3 is 9.47 Å². The monoisotopic (exact) mass is 505 g/mol. The summed E-state index contributed by atoms with van der Waals surface area (Å²) in [6, 6.07) is 25.0. The van der Waals surface area contributed by atoms with Gasteiger partial charge in [0.2, 0.25) is 0 Å². The summed E-state index contributed by atoms with van der Waals surface area (Å²) in [4.78, 5) is 40.4. The average molecular weight is 506 g/mol. The molecule has 0 saturated carbocycles. The van der Waals surface area contributed by atoms with Gasteiger partial charge in [-0.3, -0.25) is 14.5 Å². The number of benzene rings is 4. The summed E-state index contributed by atoms with van der Waals surface area (Å²) in [6.07, 6.45) is 3.99. The van der Waals surface area contributed by atoms with Crippen LogP contribution in [-0.4, -0.2) is 35.8 Å². The highest BCUT2D eigenvalue weighted by atomic mass is 16.6. The third-order valence-corrected chi connectivity index (χ3v) is 6.65. The SMILES string of the molecule is COc1cc(C=Cc2cccc3ccccc23)ccc1OC(=O)C(C(C)C)N1C(=O)c2ccccc2C1=O. The van der Waals surface area contributed by atoms with Gasteiger partial charge in [-0.25, -0.2) is 4.79 Å². The predicted molar refractivity (Wildman–Crippen MR) is 147 cm³/mol. The van der Waals surface area contributed by atoms with E-state index < -0.39 is 23.8 Å². The molecule has 1 aliphatic heterocycles.